The fraction of sp³-hybridized carbons (Fsp3) is 0.0833. The topological polar surface area (TPSA) is 49.0 Å². The minimum atomic E-state index is -0.423. The van der Waals surface area contributed by atoms with Gasteiger partial charge in [-0.05, 0) is 41.5 Å². The summed E-state index contributed by atoms with van der Waals surface area (Å²) in [6.07, 6.45) is 0. The molecule has 4 nitrogen and oxygen atoms in total. The number of fused-ring (bicyclic) bond motifs is 1. The molecule has 2 heterocycles. The number of nitrogens with one attached hydrogen (secondary N) is 1. The van der Waals surface area contributed by atoms with Crippen molar-refractivity contribution in [2.75, 3.05) is 0 Å². The lowest BCUT2D eigenvalue weighted by atomic mass is 9.96. The van der Waals surface area contributed by atoms with Crippen molar-refractivity contribution in [3.05, 3.63) is 109 Å². The number of aromatic amines is 1. The van der Waals surface area contributed by atoms with Crippen LogP contribution in [0.15, 0.2) is 66.7 Å². The van der Waals surface area contributed by atoms with E-state index in [2.05, 4.69) is 10.2 Å². The van der Waals surface area contributed by atoms with Crippen molar-refractivity contribution in [3.8, 4) is 11.3 Å². The Morgan fingerprint density at radius 1 is 0.875 bits per heavy atom. The van der Waals surface area contributed by atoms with E-state index in [1.54, 1.807) is 29.2 Å². The Kier molecular flexibility index (Phi) is 5.64. The number of aromatic nitrogens is 2. The van der Waals surface area contributed by atoms with E-state index in [1.807, 2.05) is 42.5 Å². The van der Waals surface area contributed by atoms with Crippen LogP contribution in [0.4, 0.5) is 0 Å². The number of carbonyl (C=O) groups is 1. The first-order chi connectivity index (χ1) is 15.4. The Balaban J connectivity index is 1.67. The van der Waals surface area contributed by atoms with Crippen molar-refractivity contribution in [1.29, 1.82) is 0 Å². The third-order valence-electron chi connectivity index (χ3n) is 5.54. The second-order valence-corrected chi connectivity index (χ2v) is 9.13. The van der Waals surface area contributed by atoms with Gasteiger partial charge >= 0.3 is 0 Å². The van der Waals surface area contributed by atoms with Crippen molar-refractivity contribution >= 4 is 52.3 Å². The first-order valence-electron chi connectivity index (χ1n) is 9.77. The predicted octanol–water partition coefficient (Wildman–Crippen LogP) is 7.44. The van der Waals surface area contributed by atoms with Gasteiger partial charge in [0.1, 0.15) is 5.69 Å². The van der Waals surface area contributed by atoms with Gasteiger partial charge in [-0.3, -0.25) is 9.89 Å². The van der Waals surface area contributed by atoms with Crippen LogP contribution >= 0.6 is 46.4 Å². The number of hydrogen-bond donors (Lipinski definition) is 1. The molecule has 1 N–H and O–H groups in total. The van der Waals surface area contributed by atoms with E-state index in [9.17, 15) is 4.79 Å². The van der Waals surface area contributed by atoms with Crippen molar-refractivity contribution in [1.82, 2.24) is 15.1 Å². The van der Waals surface area contributed by atoms with E-state index < -0.39 is 6.04 Å². The monoisotopic (exact) mass is 501 g/mol. The van der Waals surface area contributed by atoms with Crippen LogP contribution < -0.4 is 0 Å². The van der Waals surface area contributed by atoms with Crippen LogP contribution in [0.1, 0.15) is 33.2 Å². The van der Waals surface area contributed by atoms with Gasteiger partial charge in [0.25, 0.3) is 5.91 Å². The highest BCUT2D eigenvalue weighted by molar-refractivity contribution is 6.42. The van der Waals surface area contributed by atoms with Gasteiger partial charge in [-0.25, -0.2) is 0 Å². The summed E-state index contributed by atoms with van der Waals surface area (Å²) < 4.78 is 0. The minimum Gasteiger partial charge on any atom is -0.322 e. The summed E-state index contributed by atoms with van der Waals surface area (Å²) in [7, 11) is 0. The number of amides is 1. The van der Waals surface area contributed by atoms with Crippen LogP contribution in [-0.4, -0.2) is 21.0 Å². The Morgan fingerprint density at radius 3 is 2.34 bits per heavy atom. The van der Waals surface area contributed by atoms with Gasteiger partial charge in [0.05, 0.1) is 21.8 Å². The van der Waals surface area contributed by atoms with Crippen molar-refractivity contribution in [2.45, 2.75) is 12.6 Å². The number of nitrogens with zero attached hydrogens (tertiary/aromatic N) is 2. The molecule has 1 aliphatic heterocycles. The predicted molar refractivity (Wildman–Crippen MR) is 129 cm³/mol. The maximum atomic E-state index is 13.5. The molecule has 0 aliphatic carbocycles. The van der Waals surface area contributed by atoms with Crippen LogP contribution in [0.5, 0.6) is 0 Å². The molecule has 0 fully saturated rings. The summed E-state index contributed by atoms with van der Waals surface area (Å²) in [6, 6.07) is 19.8. The van der Waals surface area contributed by atoms with Crippen LogP contribution in [-0.2, 0) is 6.54 Å². The molecule has 1 aromatic heterocycles. The van der Waals surface area contributed by atoms with Gasteiger partial charge in [-0.2, -0.15) is 5.10 Å². The molecule has 8 heteroatoms. The zero-order valence-electron chi connectivity index (χ0n) is 16.4. The average Bonchev–Trinajstić information content (AvgIpc) is 3.32. The van der Waals surface area contributed by atoms with Gasteiger partial charge < -0.3 is 4.90 Å². The first kappa shape index (κ1) is 21.4. The third kappa shape index (κ3) is 3.67. The lowest BCUT2D eigenvalue weighted by molar-refractivity contribution is 0.0730. The zero-order valence-corrected chi connectivity index (χ0v) is 19.5. The van der Waals surface area contributed by atoms with Crippen LogP contribution in [0.25, 0.3) is 11.3 Å². The average molecular weight is 503 g/mol. The fourth-order valence-electron chi connectivity index (χ4n) is 4.03. The highest BCUT2D eigenvalue weighted by atomic mass is 35.5. The van der Waals surface area contributed by atoms with E-state index in [4.69, 9.17) is 46.4 Å². The molecule has 1 aliphatic rings. The molecule has 5 rings (SSSR count). The molecule has 0 radical (unpaired) electrons. The summed E-state index contributed by atoms with van der Waals surface area (Å²) in [4.78, 5) is 15.2. The van der Waals surface area contributed by atoms with Gasteiger partial charge in [0, 0.05) is 27.7 Å². The van der Waals surface area contributed by atoms with E-state index in [0.717, 1.165) is 22.3 Å². The Labute approximate surface area is 204 Å². The number of hydrogen-bond acceptors (Lipinski definition) is 2. The molecule has 0 saturated carbocycles. The maximum absolute atomic E-state index is 13.5. The molecule has 160 valence electrons. The van der Waals surface area contributed by atoms with Crippen molar-refractivity contribution in [3.63, 3.8) is 0 Å². The molecule has 1 atom stereocenters. The summed E-state index contributed by atoms with van der Waals surface area (Å²) in [6.45, 7) is 0.325. The molecule has 3 aromatic carbocycles. The smallest absolute Gasteiger partial charge is 0.273 e. The first-order valence-corrected chi connectivity index (χ1v) is 11.3. The SMILES string of the molecule is O=C1c2[nH]nc(-c3ccc(Cl)cc3)c2C(c2ccc(Cl)c(Cl)c2)N1Cc1ccccc1Cl. The minimum absolute atomic E-state index is 0.163. The maximum Gasteiger partial charge on any atom is 0.273 e. The van der Waals surface area contributed by atoms with Crippen LogP contribution in [0.2, 0.25) is 20.1 Å². The van der Waals surface area contributed by atoms with Gasteiger partial charge in [-0.1, -0.05) is 82.8 Å². The number of carbonyl (C=O) groups excluding carboxylic acids is 1. The van der Waals surface area contributed by atoms with Crippen LogP contribution in [0, 0.1) is 0 Å². The van der Waals surface area contributed by atoms with Gasteiger partial charge in [-0.15, -0.1) is 0 Å². The number of rotatable bonds is 4. The van der Waals surface area contributed by atoms with Crippen LogP contribution in [0.3, 0.4) is 0 Å². The second-order valence-electron chi connectivity index (χ2n) is 7.47. The summed E-state index contributed by atoms with van der Waals surface area (Å²) in [5.41, 5.74) is 4.43. The lowest BCUT2D eigenvalue weighted by Gasteiger charge is -2.27. The van der Waals surface area contributed by atoms with Crippen molar-refractivity contribution in [2.24, 2.45) is 0 Å². The number of benzene rings is 3. The summed E-state index contributed by atoms with van der Waals surface area (Å²) in [5, 5.41) is 9.48. The molecule has 32 heavy (non-hydrogen) atoms. The Morgan fingerprint density at radius 2 is 1.62 bits per heavy atom. The molecule has 4 aromatic rings. The van der Waals surface area contributed by atoms with Gasteiger partial charge in [0.2, 0.25) is 0 Å². The van der Waals surface area contributed by atoms with E-state index in [1.165, 1.54) is 0 Å². The normalized spacial score (nSPS) is 15.3. The summed E-state index contributed by atoms with van der Waals surface area (Å²) >= 11 is 25.0. The van der Waals surface area contributed by atoms with Gasteiger partial charge in [0.15, 0.2) is 0 Å². The molecule has 0 spiro atoms. The molecule has 1 unspecified atom stereocenters. The van der Waals surface area contributed by atoms with E-state index in [-0.39, 0.29) is 5.91 Å². The zero-order chi connectivity index (χ0) is 22.4. The Bertz CT molecular complexity index is 1330. The molecule has 0 bridgehead atoms. The quantitative estimate of drug-likeness (QED) is 0.315. The molecule has 1 amide bonds. The van der Waals surface area contributed by atoms with Crippen molar-refractivity contribution < 1.29 is 4.79 Å². The molecule has 0 saturated heterocycles. The van der Waals surface area contributed by atoms with E-state index >= 15 is 0 Å². The number of H-pyrrole nitrogens is 1. The highest BCUT2D eigenvalue weighted by Crippen LogP contribution is 2.44. The second kappa shape index (κ2) is 8.45. The third-order valence-corrected chi connectivity index (χ3v) is 6.90. The van der Waals surface area contributed by atoms with E-state index in [0.29, 0.717) is 38.0 Å². The molecular weight excluding hydrogens is 488 g/mol. The Hall–Kier alpha value is -2.50. The number of halogens is 4. The fourth-order valence-corrected chi connectivity index (χ4v) is 4.65. The standard InChI is InChI=1S/C24H15Cl4N3O/c25-16-8-5-13(6-9-16)21-20-22(30-29-21)24(32)31(12-15-3-1-2-4-17(15)26)23(20)14-7-10-18(27)19(28)11-14/h1-11,23H,12H2,(H,29,30). The highest BCUT2D eigenvalue weighted by Gasteiger charge is 2.42. The molecular formula is C24H15Cl4N3O. The summed E-state index contributed by atoms with van der Waals surface area (Å²) in [5.74, 6) is -0.163. The largest absolute Gasteiger partial charge is 0.322 e. The lowest BCUT2D eigenvalue weighted by Crippen LogP contribution is -2.29.